The standard InChI is InChI=1S/C20H16ClF3N4O2/c1-11(19(29)30-2)27-28-17-10-25-18(13-5-3-4-6-15(13)21)14-9-12(20(22,23)24)7-8-16(14)26-17/h3-9H,10H2,1-2H3,(H,26,28). The number of alkyl halides is 3. The number of hydrogen-bond acceptors (Lipinski definition) is 6. The van der Waals surface area contributed by atoms with E-state index in [1.54, 1.807) is 24.3 Å². The van der Waals surface area contributed by atoms with Crippen molar-refractivity contribution >= 4 is 40.5 Å². The maximum absolute atomic E-state index is 13.3. The Balaban J connectivity index is 2.10. The number of amidine groups is 1. The molecule has 1 aliphatic rings. The highest BCUT2D eigenvalue weighted by molar-refractivity contribution is 6.36. The second-order valence-corrected chi connectivity index (χ2v) is 6.64. The summed E-state index contributed by atoms with van der Waals surface area (Å²) in [6, 6.07) is 9.92. The van der Waals surface area contributed by atoms with Gasteiger partial charge in [0.1, 0.15) is 11.5 Å². The number of hydrogen-bond donors (Lipinski definition) is 1. The first-order chi connectivity index (χ1) is 14.2. The summed E-state index contributed by atoms with van der Waals surface area (Å²) in [6.45, 7) is 1.42. The molecular weight excluding hydrogens is 421 g/mol. The van der Waals surface area contributed by atoms with Crippen molar-refractivity contribution < 1.29 is 22.7 Å². The van der Waals surface area contributed by atoms with Gasteiger partial charge in [0, 0.05) is 16.1 Å². The minimum atomic E-state index is -4.53. The Hall–Kier alpha value is -3.20. The van der Waals surface area contributed by atoms with Crippen molar-refractivity contribution in [2.75, 3.05) is 13.7 Å². The Morgan fingerprint density at radius 3 is 2.60 bits per heavy atom. The highest BCUT2D eigenvalue weighted by Gasteiger charge is 2.32. The maximum atomic E-state index is 13.3. The van der Waals surface area contributed by atoms with Gasteiger partial charge in [0.15, 0.2) is 0 Å². The van der Waals surface area contributed by atoms with Gasteiger partial charge in [-0.25, -0.2) is 9.79 Å². The largest absolute Gasteiger partial charge is 0.464 e. The third-order valence-electron chi connectivity index (χ3n) is 4.18. The van der Waals surface area contributed by atoms with E-state index >= 15 is 0 Å². The summed E-state index contributed by atoms with van der Waals surface area (Å²) in [7, 11) is 1.22. The number of carbonyl (C=O) groups is 1. The van der Waals surface area contributed by atoms with E-state index in [4.69, 9.17) is 11.6 Å². The van der Waals surface area contributed by atoms with Crippen LogP contribution >= 0.6 is 11.6 Å². The lowest BCUT2D eigenvalue weighted by molar-refractivity contribution is -0.137. The van der Waals surface area contributed by atoms with Crippen molar-refractivity contribution in [1.29, 1.82) is 0 Å². The van der Waals surface area contributed by atoms with Crippen LogP contribution in [-0.4, -0.2) is 36.9 Å². The zero-order valence-corrected chi connectivity index (χ0v) is 16.7. The first-order valence-corrected chi connectivity index (χ1v) is 9.05. The number of esters is 1. The number of benzene rings is 2. The molecule has 10 heteroatoms. The second kappa shape index (κ2) is 8.66. The lowest BCUT2D eigenvalue weighted by Crippen LogP contribution is -2.24. The molecule has 0 saturated carbocycles. The molecule has 1 N–H and O–H groups in total. The number of nitrogens with zero attached hydrogens (tertiary/aromatic N) is 3. The zero-order chi connectivity index (χ0) is 21.9. The van der Waals surface area contributed by atoms with E-state index in [0.717, 1.165) is 12.1 Å². The van der Waals surface area contributed by atoms with Gasteiger partial charge in [0.2, 0.25) is 0 Å². The van der Waals surface area contributed by atoms with Crippen LogP contribution in [0, 0.1) is 0 Å². The highest BCUT2D eigenvalue weighted by Crippen LogP contribution is 2.35. The van der Waals surface area contributed by atoms with Gasteiger partial charge in [-0.1, -0.05) is 29.8 Å². The topological polar surface area (TPSA) is 75.4 Å². The third kappa shape index (κ3) is 4.68. The maximum Gasteiger partial charge on any atom is 0.416 e. The first kappa shape index (κ1) is 21.5. The summed E-state index contributed by atoms with van der Waals surface area (Å²) < 4.78 is 44.4. The van der Waals surface area contributed by atoms with Gasteiger partial charge < -0.3 is 4.74 Å². The number of rotatable bonds is 3. The molecule has 1 aliphatic heterocycles. The minimum Gasteiger partial charge on any atom is -0.464 e. The van der Waals surface area contributed by atoms with E-state index in [1.807, 2.05) is 0 Å². The van der Waals surface area contributed by atoms with E-state index in [2.05, 4.69) is 25.2 Å². The summed E-state index contributed by atoms with van der Waals surface area (Å²) >= 11 is 6.27. The molecule has 0 fully saturated rings. The summed E-state index contributed by atoms with van der Waals surface area (Å²) in [4.78, 5) is 20.3. The Labute approximate surface area is 175 Å². The molecule has 2 aromatic rings. The van der Waals surface area contributed by atoms with E-state index in [1.165, 1.54) is 20.1 Å². The van der Waals surface area contributed by atoms with Crippen molar-refractivity contribution in [2.24, 2.45) is 15.1 Å². The van der Waals surface area contributed by atoms with Gasteiger partial charge >= 0.3 is 12.1 Å². The summed E-state index contributed by atoms with van der Waals surface area (Å²) in [5, 5.41) is 4.23. The molecule has 0 aliphatic carbocycles. The Kier molecular flexibility index (Phi) is 6.21. The number of halogens is 4. The zero-order valence-electron chi connectivity index (χ0n) is 15.9. The average Bonchev–Trinajstić information content (AvgIpc) is 2.89. The monoisotopic (exact) mass is 436 g/mol. The third-order valence-corrected chi connectivity index (χ3v) is 4.51. The molecule has 0 spiro atoms. The molecule has 0 aromatic heterocycles. The fourth-order valence-corrected chi connectivity index (χ4v) is 2.93. The van der Waals surface area contributed by atoms with Crippen LogP contribution < -0.4 is 5.43 Å². The highest BCUT2D eigenvalue weighted by atomic mass is 35.5. The quantitative estimate of drug-likeness (QED) is 0.441. The predicted molar refractivity (Wildman–Crippen MR) is 109 cm³/mol. The van der Waals surface area contributed by atoms with Crippen LogP contribution in [0.3, 0.4) is 0 Å². The van der Waals surface area contributed by atoms with Gasteiger partial charge in [-0.3, -0.25) is 10.4 Å². The van der Waals surface area contributed by atoms with E-state index in [-0.39, 0.29) is 35.1 Å². The van der Waals surface area contributed by atoms with Gasteiger partial charge in [-0.2, -0.15) is 18.3 Å². The van der Waals surface area contributed by atoms with E-state index < -0.39 is 17.7 Å². The van der Waals surface area contributed by atoms with Crippen LogP contribution in [0.2, 0.25) is 5.02 Å². The molecule has 0 amide bonds. The van der Waals surface area contributed by atoms with Crippen molar-refractivity contribution in [3.8, 4) is 0 Å². The molecule has 0 radical (unpaired) electrons. The molecule has 6 nitrogen and oxygen atoms in total. The molecule has 0 atom stereocenters. The fraction of sp³-hybridized carbons (Fsp3) is 0.200. The van der Waals surface area contributed by atoms with Gasteiger partial charge in [0.25, 0.3) is 0 Å². The number of hydrazone groups is 1. The molecule has 2 aromatic carbocycles. The van der Waals surface area contributed by atoms with Gasteiger partial charge in [-0.05, 0) is 31.2 Å². The normalized spacial score (nSPS) is 14.3. The van der Waals surface area contributed by atoms with Crippen molar-refractivity contribution in [3.63, 3.8) is 0 Å². The Morgan fingerprint density at radius 1 is 1.20 bits per heavy atom. The van der Waals surface area contributed by atoms with Crippen LogP contribution in [0.5, 0.6) is 0 Å². The number of aliphatic imine (C=N–C) groups is 2. The molecule has 1 heterocycles. The van der Waals surface area contributed by atoms with Crippen molar-refractivity contribution in [1.82, 2.24) is 5.43 Å². The van der Waals surface area contributed by atoms with Crippen LogP contribution in [0.25, 0.3) is 0 Å². The minimum absolute atomic E-state index is 0.0193. The predicted octanol–water partition coefficient (Wildman–Crippen LogP) is 4.38. The van der Waals surface area contributed by atoms with Crippen LogP contribution in [0.15, 0.2) is 57.6 Å². The molecule has 156 valence electrons. The number of carbonyl (C=O) groups excluding carboxylic acids is 1. The number of nitrogens with one attached hydrogen (secondary N) is 1. The van der Waals surface area contributed by atoms with Crippen molar-refractivity contribution in [3.05, 3.63) is 64.2 Å². The van der Waals surface area contributed by atoms with Crippen molar-refractivity contribution in [2.45, 2.75) is 13.1 Å². The van der Waals surface area contributed by atoms with Gasteiger partial charge in [-0.15, -0.1) is 0 Å². The lowest BCUT2D eigenvalue weighted by atomic mass is 9.98. The van der Waals surface area contributed by atoms with Crippen LogP contribution in [0.1, 0.15) is 23.6 Å². The first-order valence-electron chi connectivity index (χ1n) is 8.68. The van der Waals surface area contributed by atoms with E-state index in [9.17, 15) is 18.0 Å². The number of ether oxygens (including phenoxy) is 1. The summed E-state index contributed by atoms with van der Waals surface area (Å²) in [5.41, 5.74) is 3.04. The second-order valence-electron chi connectivity index (χ2n) is 6.23. The SMILES string of the molecule is COC(=O)C(C)=NNC1=Nc2ccc(C(F)(F)F)cc2C(c2ccccc2Cl)=NC1. The molecule has 0 bridgehead atoms. The average molecular weight is 437 g/mol. The number of fused-ring (bicyclic) bond motifs is 1. The fourth-order valence-electron chi connectivity index (χ4n) is 2.70. The Bertz CT molecular complexity index is 1080. The molecule has 0 unspecified atom stereocenters. The van der Waals surface area contributed by atoms with Gasteiger partial charge in [0.05, 0.1) is 30.6 Å². The molecule has 30 heavy (non-hydrogen) atoms. The van der Waals surface area contributed by atoms with Crippen LogP contribution in [0.4, 0.5) is 18.9 Å². The van der Waals surface area contributed by atoms with Crippen LogP contribution in [-0.2, 0) is 15.7 Å². The number of methoxy groups -OCH3 is 1. The van der Waals surface area contributed by atoms with E-state index in [0.29, 0.717) is 10.6 Å². The molecule has 3 rings (SSSR count). The molecular formula is C20H16ClF3N4O2. The lowest BCUT2D eigenvalue weighted by Gasteiger charge is -2.13. The summed E-state index contributed by atoms with van der Waals surface area (Å²) in [6.07, 6.45) is -4.53. The summed E-state index contributed by atoms with van der Waals surface area (Å²) in [5.74, 6) is -0.395. The smallest absolute Gasteiger partial charge is 0.416 e. The molecule has 0 saturated heterocycles. The Morgan fingerprint density at radius 2 is 1.93 bits per heavy atom.